The predicted octanol–water partition coefficient (Wildman–Crippen LogP) is 2.84. The predicted molar refractivity (Wildman–Crippen MR) is 68.1 cm³/mol. The summed E-state index contributed by atoms with van der Waals surface area (Å²) >= 11 is 0. The zero-order chi connectivity index (χ0) is 13.8. The van der Waals surface area contributed by atoms with Gasteiger partial charge < -0.3 is 4.74 Å². The Morgan fingerprint density at radius 3 is 2.95 bits per heavy atom. The fourth-order valence-electron chi connectivity index (χ4n) is 2.56. The van der Waals surface area contributed by atoms with Gasteiger partial charge >= 0.3 is 5.97 Å². The monoisotopic (exact) mass is 264 g/mol. The summed E-state index contributed by atoms with van der Waals surface area (Å²) in [6.45, 7) is 1.99. The molecule has 0 bridgehead atoms. The normalized spacial score (nSPS) is 23.2. The van der Waals surface area contributed by atoms with Crippen molar-refractivity contribution >= 4 is 11.8 Å². The molecule has 0 spiro atoms. The fraction of sp³-hybridized carbons (Fsp3) is 0.467. The van der Waals surface area contributed by atoms with Crippen molar-refractivity contribution in [1.82, 2.24) is 0 Å². The zero-order valence-electron chi connectivity index (χ0n) is 10.9. The average molecular weight is 264 g/mol. The lowest BCUT2D eigenvalue weighted by Gasteiger charge is -2.27. The molecule has 19 heavy (non-hydrogen) atoms. The summed E-state index contributed by atoms with van der Waals surface area (Å²) in [7, 11) is 0. The van der Waals surface area contributed by atoms with Gasteiger partial charge in [-0.2, -0.15) is 0 Å². The van der Waals surface area contributed by atoms with Gasteiger partial charge in [0.2, 0.25) is 0 Å². The lowest BCUT2D eigenvalue weighted by molar-refractivity contribution is -0.153. The first-order valence-corrected chi connectivity index (χ1v) is 6.56. The van der Waals surface area contributed by atoms with Gasteiger partial charge in [0.05, 0.1) is 6.61 Å². The Bertz CT molecular complexity index is 484. The van der Waals surface area contributed by atoms with Crippen molar-refractivity contribution in [2.75, 3.05) is 6.61 Å². The van der Waals surface area contributed by atoms with Gasteiger partial charge in [-0.05, 0) is 43.4 Å². The van der Waals surface area contributed by atoms with Gasteiger partial charge in [0.15, 0.2) is 0 Å². The molecular formula is C15H17FO3. The number of hydrogen-bond acceptors (Lipinski definition) is 3. The minimum Gasteiger partial charge on any atom is -0.465 e. The van der Waals surface area contributed by atoms with Crippen LogP contribution < -0.4 is 0 Å². The molecule has 1 fully saturated rings. The molecule has 4 heteroatoms. The second-order valence-electron chi connectivity index (χ2n) is 4.80. The van der Waals surface area contributed by atoms with Gasteiger partial charge in [0.1, 0.15) is 17.5 Å². The first kappa shape index (κ1) is 13.7. The van der Waals surface area contributed by atoms with Crippen LogP contribution in [0.4, 0.5) is 4.39 Å². The Morgan fingerprint density at radius 1 is 1.47 bits per heavy atom. The van der Waals surface area contributed by atoms with Crippen LogP contribution in [-0.4, -0.2) is 18.4 Å². The highest BCUT2D eigenvalue weighted by Gasteiger charge is 2.35. The van der Waals surface area contributed by atoms with Crippen molar-refractivity contribution < 1.29 is 18.7 Å². The van der Waals surface area contributed by atoms with Crippen molar-refractivity contribution in [3.05, 3.63) is 35.6 Å². The van der Waals surface area contributed by atoms with Crippen molar-refractivity contribution in [3.63, 3.8) is 0 Å². The molecule has 1 aliphatic rings. The van der Waals surface area contributed by atoms with Crippen LogP contribution in [0.1, 0.15) is 37.7 Å². The minimum absolute atomic E-state index is 0.0443. The largest absolute Gasteiger partial charge is 0.465 e. The van der Waals surface area contributed by atoms with E-state index in [2.05, 4.69) is 0 Å². The van der Waals surface area contributed by atoms with E-state index >= 15 is 0 Å². The van der Waals surface area contributed by atoms with E-state index in [1.165, 1.54) is 12.1 Å². The molecule has 0 aromatic heterocycles. The number of esters is 1. The summed E-state index contributed by atoms with van der Waals surface area (Å²) in [5.74, 6) is -1.45. The van der Waals surface area contributed by atoms with E-state index in [1.807, 2.05) is 6.07 Å². The molecule has 0 saturated heterocycles. The van der Waals surface area contributed by atoms with Crippen LogP contribution >= 0.6 is 0 Å². The SMILES string of the molecule is CCOC(=O)C1CC(c2cccc(F)c2)CCC1=O. The van der Waals surface area contributed by atoms with E-state index in [-0.39, 0.29) is 24.1 Å². The molecule has 2 rings (SSSR count). The molecule has 1 saturated carbocycles. The number of ether oxygens (including phenoxy) is 1. The van der Waals surface area contributed by atoms with Crippen LogP contribution in [0.2, 0.25) is 0 Å². The van der Waals surface area contributed by atoms with Gasteiger partial charge in [0.25, 0.3) is 0 Å². The number of carbonyl (C=O) groups excluding carboxylic acids is 2. The highest BCUT2D eigenvalue weighted by atomic mass is 19.1. The molecule has 2 unspecified atom stereocenters. The molecule has 0 radical (unpaired) electrons. The molecule has 0 heterocycles. The van der Waals surface area contributed by atoms with Crippen LogP contribution in [0.3, 0.4) is 0 Å². The average Bonchev–Trinajstić information content (AvgIpc) is 2.39. The maximum Gasteiger partial charge on any atom is 0.316 e. The third kappa shape index (κ3) is 3.19. The lowest BCUT2D eigenvalue weighted by atomic mass is 9.77. The summed E-state index contributed by atoms with van der Waals surface area (Å²) in [4.78, 5) is 23.5. The quantitative estimate of drug-likeness (QED) is 0.623. The topological polar surface area (TPSA) is 43.4 Å². The number of benzene rings is 1. The van der Waals surface area contributed by atoms with Gasteiger partial charge in [-0.15, -0.1) is 0 Å². The fourth-order valence-corrected chi connectivity index (χ4v) is 2.56. The Hall–Kier alpha value is -1.71. The second-order valence-corrected chi connectivity index (χ2v) is 4.80. The van der Waals surface area contributed by atoms with Gasteiger partial charge in [-0.3, -0.25) is 9.59 Å². The summed E-state index contributed by atoms with van der Waals surface area (Å²) < 4.78 is 18.1. The summed E-state index contributed by atoms with van der Waals surface area (Å²) in [5.41, 5.74) is 0.849. The highest BCUT2D eigenvalue weighted by Crippen LogP contribution is 2.35. The summed E-state index contributed by atoms with van der Waals surface area (Å²) in [6.07, 6.45) is 1.43. The molecule has 2 atom stereocenters. The highest BCUT2D eigenvalue weighted by molar-refractivity contribution is 5.99. The maximum absolute atomic E-state index is 13.2. The summed E-state index contributed by atoms with van der Waals surface area (Å²) in [6, 6.07) is 6.36. The van der Waals surface area contributed by atoms with Gasteiger partial charge in [-0.25, -0.2) is 4.39 Å². The van der Waals surface area contributed by atoms with Crippen LogP contribution in [0.25, 0.3) is 0 Å². The van der Waals surface area contributed by atoms with Crippen molar-refractivity contribution in [2.45, 2.75) is 32.1 Å². The molecule has 1 aliphatic carbocycles. The summed E-state index contributed by atoms with van der Waals surface area (Å²) in [5, 5.41) is 0. The first-order valence-electron chi connectivity index (χ1n) is 6.56. The first-order chi connectivity index (χ1) is 9.11. The molecule has 0 N–H and O–H groups in total. The van der Waals surface area contributed by atoms with Crippen molar-refractivity contribution in [3.8, 4) is 0 Å². The van der Waals surface area contributed by atoms with Crippen LogP contribution in [0, 0.1) is 11.7 Å². The molecule has 0 amide bonds. The van der Waals surface area contributed by atoms with E-state index in [4.69, 9.17) is 4.74 Å². The standard InChI is InChI=1S/C15H17FO3/c1-2-19-15(18)13-9-11(6-7-14(13)17)10-4-3-5-12(16)8-10/h3-5,8,11,13H,2,6-7,9H2,1H3. The van der Waals surface area contributed by atoms with Crippen LogP contribution in [-0.2, 0) is 14.3 Å². The van der Waals surface area contributed by atoms with Crippen LogP contribution in [0.15, 0.2) is 24.3 Å². The molecule has 0 aliphatic heterocycles. The smallest absolute Gasteiger partial charge is 0.316 e. The van der Waals surface area contributed by atoms with Crippen LogP contribution in [0.5, 0.6) is 0 Å². The zero-order valence-corrected chi connectivity index (χ0v) is 10.9. The number of hydrogen-bond donors (Lipinski definition) is 0. The molecule has 102 valence electrons. The van der Waals surface area contributed by atoms with E-state index in [0.29, 0.717) is 19.3 Å². The number of rotatable bonds is 3. The number of carbonyl (C=O) groups is 2. The van der Waals surface area contributed by atoms with Crippen molar-refractivity contribution in [1.29, 1.82) is 0 Å². The molecular weight excluding hydrogens is 247 g/mol. The van der Waals surface area contributed by atoms with E-state index in [0.717, 1.165) is 5.56 Å². The minimum atomic E-state index is -0.693. The number of Topliss-reactive ketones (excluding diaryl/α,β-unsaturated/α-hetero) is 1. The molecule has 3 nitrogen and oxygen atoms in total. The number of halogens is 1. The Balaban J connectivity index is 2.13. The Labute approximate surface area is 111 Å². The van der Waals surface area contributed by atoms with Crippen molar-refractivity contribution in [2.24, 2.45) is 5.92 Å². The Morgan fingerprint density at radius 2 is 2.26 bits per heavy atom. The van der Waals surface area contributed by atoms with E-state index < -0.39 is 11.9 Å². The third-order valence-corrected chi connectivity index (χ3v) is 3.54. The second kappa shape index (κ2) is 5.95. The number of ketones is 1. The third-order valence-electron chi connectivity index (χ3n) is 3.54. The van der Waals surface area contributed by atoms with E-state index in [1.54, 1.807) is 13.0 Å². The maximum atomic E-state index is 13.2. The Kier molecular flexibility index (Phi) is 4.30. The molecule has 1 aromatic rings. The lowest BCUT2D eigenvalue weighted by Crippen LogP contribution is -2.31. The van der Waals surface area contributed by atoms with Gasteiger partial charge in [-0.1, -0.05) is 12.1 Å². The van der Waals surface area contributed by atoms with E-state index in [9.17, 15) is 14.0 Å². The van der Waals surface area contributed by atoms with Gasteiger partial charge in [0, 0.05) is 6.42 Å². The molecule has 1 aromatic carbocycles.